The van der Waals surface area contributed by atoms with Gasteiger partial charge in [0.05, 0.1) is 55.7 Å². The molecular formula is C50H72N11O15+. The number of aromatic nitrogens is 2. The maximum atomic E-state index is 13.8. The monoisotopic (exact) mass is 1070 g/mol. The normalized spacial score (nSPS) is 18.9. The van der Waals surface area contributed by atoms with E-state index in [4.69, 9.17) is 20.4 Å². The third-order valence-corrected chi connectivity index (χ3v) is 12.9. The molecule has 1 aliphatic carbocycles. The Morgan fingerprint density at radius 1 is 0.934 bits per heavy atom. The number of esters is 1. The van der Waals surface area contributed by atoms with E-state index in [1.54, 1.807) is 50.2 Å². The smallest absolute Gasteiger partial charge is 0.362 e. The highest BCUT2D eigenvalue weighted by Gasteiger charge is 2.46. The maximum absolute atomic E-state index is 13.8. The molecule has 13 N–H and O–H groups in total. The van der Waals surface area contributed by atoms with Gasteiger partial charge in [-0.25, -0.2) is 19.8 Å². The number of amides is 2. The average Bonchev–Trinajstić information content (AvgIpc) is 3.38. The third-order valence-electron chi connectivity index (χ3n) is 12.9. The molecule has 0 bridgehead atoms. The fraction of sp³-hybridized carbons (Fsp3) is 0.520. The minimum absolute atomic E-state index is 0.0107. The number of carboxylic acids is 1. The molecule has 1 fully saturated rings. The number of benzene rings is 2. The molecule has 2 unspecified atom stereocenters. The molecule has 0 radical (unpaired) electrons. The largest absolute Gasteiger partial charge is 0.497 e. The van der Waals surface area contributed by atoms with Gasteiger partial charge in [-0.2, -0.15) is 0 Å². The number of carboxylic acid groups (broad SMARTS) is 1. The van der Waals surface area contributed by atoms with Gasteiger partial charge in [0.1, 0.15) is 41.7 Å². The van der Waals surface area contributed by atoms with Gasteiger partial charge in [-0.3, -0.25) is 28.3 Å². The van der Waals surface area contributed by atoms with Crippen molar-refractivity contribution >= 4 is 36.0 Å². The zero-order valence-electron chi connectivity index (χ0n) is 42.9. The molecule has 416 valence electrons. The molecule has 1 aliphatic rings. The Hall–Kier alpha value is -7.68. The molecule has 3 aromatic rings. The summed E-state index contributed by atoms with van der Waals surface area (Å²) < 4.78 is 12.9. The average molecular weight is 1070 g/mol. The fourth-order valence-corrected chi connectivity index (χ4v) is 8.71. The second-order valence-corrected chi connectivity index (χ2v) is 18.7. The third kappa shape index (κ3) is 18.0. The molecule has 26 heteroatoms. The lowest BCUT2D eigenvalue weighted by atomic mass is 9.71. The number of hydrogen-bond donors (Lipinski definition) is 12. The number of carbonyl (C=O) groups is 5. The Bertz CT molecular complexity index is 2580. The van der Waals surface area contributed by atoms with E-state index in [1.807, 2.05) is 23.6 Å². The number of rotatable bonds is 31. The number of aliphatic imine (C=N–C) groups is 1. The van der Waals surface area contributed by atoms with Crippen molar-refractivity contribution in [1.29, 1.82) is 0 Å². The number of hydrazine groups is 1. The van der Waals surface area contributed by atoms with Crippen LogP contribution in [0.5, 0.6) is 5.75 Å². The predicted molar refractivity (Wildman–Crippen MR) is 274 cm³/mol. The number of aldehydes is 1. The summed E-state index contributed by atoms with van der Waals surface area (Å²) in [4.78, 5) is 106. The van der Waals surface area contributed by atoms with Gasteiger partial charge in [0.2, 0.25) is 11.8 Å². The molecule has 4 rings (SSSR count). The van der Waals surface area contributed by atoms with Crippen molar-refractivity contribution in [2.75, 3.05) is 33.3 Å². The lowest BCUT2D eigenvalue weighted by molar-refractivity contribution is -0.822. The molecule has 10 atom stereocenters. The maximum Gasteiger partial charge on any atom is 0.362 e. The minimum atomic E-state index is -1.64. The van der Waals surface area contributed by atoms with E-state index in [0.717, 1.165) is 10.1 Å². The lowest BCUT2D eigenvalue weighted by Crippen LogP contribution is -2.57. The van der Waals surface area contributed by atoms with Crippen molar-refractivity contribution in [3.8, 4) is 5.75 Å². The summed E-state index contributed by atoms with van der Waals surface area (Å²) in [6.45, 7) is 8.53. The number of nitrogens with zero attached hydrogens (tertiary/aromatic N) is 4. The van der Waals surface area contributed by atoms with Crippen molar-refractivity contribution in [2.24, 2.45) is 34.4 Å². The van der Waals surface area contributed by atoms with Gasteiger partial charge in [0, 0.05) is 37.8 Å². The van der Waals surface area contributed by atoms with Gasteiger partial charge in [-0.05, 0) is 80.2 Å². The first-order valence-corrected chi connectivity index (χ1v) is 24.8. The van der Waals surface area contributed by atoms with Crippen LogP contribution in [-0.2, 0) is 41.9 Å². The predicted octanol–water partition coefficient (Wildman–Crippen LogP) is -1.23. The summed E-state index contributed by atoms with van der Waals surface area (Å²) >= 11 is 0. The number of nitrogens with two attached hydrogens (primary N) is 1. The molecule has 1 saturated carbocycles. The highest BCUT2D eigenvalue weighted by molar-refractivity contribution is 5.90. The van der Waals surface area contributed by atoms with Crippen LogP contribution in [0.15, 0.2) is 93.8 Å². The summed E-state index contributed by atoms with van der Waals surface area (Å²) in [7, 11) is 1.50. The van der Waals surface area contributed by atoms with Gasteiger partial charge >= 0.3 is 22.7 Å². The molecule has 0 saturated heterocycles. The molecule has 1 heterocycles. The number of aliphatic hydroxyl groups excluding tert-OH is 3. The van der Waals surface area contributed by atoms with Crippen LogP contribution in [0.1, 0.15) is 70.0 Å². The standard InChI is InChI=1S/C50H71N11O15/c1-29(2)41(48(71)76-28-33-11-7-6-8-12-33)56-31(4)55-38(13-9-22-54-49(51)58-61(73)74)45(67)57-42(30(3)63)46(68)53-23-10-21-52-25-36(47(69)70)43(65)35-18-19-39(37(27-62)44(35)66)59-24-20-40(64)60(50(59)72)26-32-14-16-34(75-5)17-15-32/h6-8,11-12,14-17,20,24,27,29-30,35-39,41-44,52,55-56,63,65-66H,4,9-10,13,18-19,21-23,25-26,28H2,1-3,5H3,(H6-,51,53,54,57,58,67,68,69,70,73,74)/p+1/t30?,35?,36-,37-,38-,39+,41-,42-,43-,44+/m0/s1. The van der Waals surface area contributed by atoms with Crippen LogP contribution in [0.4, 0.5) is 0 Å². The zero-order valence-corrected chi connectivity index (χ0v) is 42.9. The van der Waals surface area contributed by atoms with E-state index in [9.17, 15) is 58.9 Å². The number of nitrogens with one attached hydrogen (secondary N) is 6. The van der Waals surface area contributed by atoms with E-state index in [1.165, 1.54) is 30.9 Å². The summed E-state index contributed by atoms with van der Waals surface area (Å²) in [5.74, 6) is -7.33. The first-order chi connectivity index (χ1) is 36.2. The zero-order chi connectivity index (χ0) is 56.1. The Balaban J connectivity index is 1.33. The molecule has 26 nitrogen and oxygen atoms in total. The number of methoxy groups -OCH3 is 1. The van der Waals surface area contributed by atoms with Crippen molar-refractivity contribution in [3.05, 3.63) is 116 Å². The Morgan fingerprint density at radius 3 is 2.25 bits per heavy atom. The van der Waals surface area contributed by atoms with Gasteiger partial charge in [0.25, 0.3) is 11.5 Å². The Morgan fingerprint density at radius 2 is 1.63 bits per heavy atom. The van der Waals surface area contributed by atoms with Gasteiger partial charge in [0.15, 0.2) is 0 Å². The highest BCUT2D eigenvalue weighted by atomic mass is 16.7. The highest BCUT2D eigenvalue weighted by Crippen LogP contribution is 2.39. The molecule has 0 aliphatic heterocycles. The Labute approximate surface area is 438 Å². The van der Waals surface area contributed by atoms with Crippen LogP contribution in [0.3, 0.4) is 0 Å². The van der Waals surface area contributed by atoms with Crippen LogP contribution in [-0.4, -0.2) is 146 Å². The summed E-state index contributed by atoms with van der Waals surface area (Å²) in [5, 5.41) is 65.7. The van der Waals surface area contributed by atoms with Gasteiger partial charge in [-0.1, -0.05) is 62.9 Å². The van der Waals surface area contributed by atoms with Crippen molar-refractivity contribution in [2.45, 2.75) is 109 Å². The van der Waals surface area contributed by atoms with Crippen molar-refractivity contribution in [3.63, 3.8) is 0 Å². The minimum Gasteiger partial charge on any atom is -0.497 e. The lowest BCUT2D eigenvalue weighted by Gasteiger charge is -2.41. The summed E-state index contributed by atoms with van der Waals surface area (Å²) in [6, 6.07) is 12.6. The summed E-state index contributed by atoms with van der Waals surface area (Å²) in [5.41, 5.74) is 7.50. The van der Waals surface area contributed by atoms with Crippen molar-refractivity contribution in [1.82, 2.24) is 41.1 Å². The number of hydrogen-bond acceptors (Lipinski definition) is 17. The van der Waals surface area contributed by atoms with E-state index >= 15 is 0 Å². The first-order valence-electron chi connectivity index (χ1n) is 24.8. The fourth-order valence-electron chi connectivity index (χ4n) is 8.71. The molecule has 76 heavy (non-hydrogen) atoms. The van der Waals surface area contributed by atoms with E-state index < -0.39 is 106 Å². The van der Waals surface area contributed by atoms with Crippen LogP contribution in [0.25, 0.3) is 0 Å². The quantitative estimate of drug-likeness (QED) is 0.00896. The van der Waals surface area contributed by atoms with Gasteiger partial charge < -0.3 is 67.0 Å². The molecule has 2 amide bonds. The SMILES string of the molecule is C=C(N[C@@H](CCCN=C(N)N[N+](=O)O)C(=O)N[C@H](C(=O)NCCCNC[C@H](C(=O)O)[C@@H](O)C1CC[C@@H](n2ccc(=O)n(Cc3ccc(OC)cc3)c2=O)[C@H](C=O)[C@@H]1O)C(C)O)N[C@H](C(=O)OCc1ccccc1)C(C)C. The molecule has 1 aromatic heterocycles. The number of aliphatic hydroxyl groups is 3. The number of carbonyl (C=O) groups excluding carboxylic acids is 4. The number of aliphatic carboxylic acids is 1. The second-order valence-electron chi connectivity index (χ2n) is 18.7. The van der Waals surface area contributed by atoms with Gasteiger partial charge in [-0.15, -0.1) is 0 Å². The second kappa shape index (κ2) is 30.0. The topological polar surface area (TPSA) is 380 Å². The molecule has 2 aromatic carbocycles. The van der Waals surface area contributed by atoms with Crippen LogP contribution < -0.4 is 53.7 Å². The summed E-state index contributed by atoms with van der Waals surface area (Å²) in [6.07, 6.45) is -2.38. The van der Waals surface area contributed by atoms with Crippen LogP contribution in [0, 0.1) is 28.6 Å². The number of ether oxygens (including phenoxy) is 2. The van der Waals surface area contributed by atoms with E-state index in [-0.39, 0.29) is 83.2 Å². The van der Waals surface area contributed by atoms with Crippen LogP contribution >= 0.6 is 0 Å². The molecular weight excluding hydrogens is 995 g/mol. The van der Waals surface area contributed by atoms with Crippen molar-refractivity contribution < 1.29 is 64.1 Å². The molecule has 0 spiro atoms. The Kier molecular flexibility index (Phi) is 24.0. The van der Waals surface area contributed by atoms with Crippen LogP contribution in [0.2, 0.25) is 0 Å². The number of guanidine groups is 1. The first kappa shape index (κ1) is 60.9. The van der Waals surface area contributed by atoms with E-state index in [0.29, 0.717) is 17.6 Å². The van der Waals surface area contributed by atoms with E-state index in [2.05, 4.69) is 38.2 Å².